The minimum atomic E-state index is -0.973. The number of nitrogens with zero attached hydrogens (tertiary/aromatic N) is 1. The van der Waals surface area contributed by atoms with Crippen LogP contribution in [-0.4, -0.2) is 47.6 Å². The number of benzene rings is 4. The zero-order chi connectivity index (χ0) is 22.5. The van der Waals surface area contributed by atoms with Gasteiger partial charge in [0.1, 0.15) is 0 Å². The fraction of sp³-hybridized carbons (Fsp3) is 0.0800. The van der Waals surface area contributed by atoms with Crippen LogP contribution in [0.3, 0.4) is 0 Å². The van der Waals surface area contributed by atoms with Crippen LogP contribution < -0.4 is 0 Å². The first kappa shape index (κ1) is 21.5. The topological polar surface area (TPSA) is 94.9 Å². The number of carbonyl (C=O) groups is 3. The molecule has 2 N–H and O–H groups in total. The Morgan fingerprint density at radius 2 is 0.968 bits per heavy atom. The molecule has 156 valence electrons. The summed E-state index contributed by atoms with van der Waals surface area (Å²) in [7, 11) is 3.38. The van der Waals surface area contributed by atoms with E-state index >= 15 is 0 Å². The van der Waals surface area contributed by atoms with Crippen LogP contribution in [0.5, 0.6) is 0 Å². The van der Waals surface area contributed by atoms with Gasteiger partial charge in [-0.3, -0.25) is 4.79 Å². The number of amides is 1. The molecule has 4 aromatic rings. The Morgan fingerprint density at radius 1 is 0.645 bits per heavy atom. The van der Waals surface area contributed by atoms with Gasteiger partial charge in [-0.15, -0.1) is 0 Å². The zero-order valence-corrected chi connectivity index (χ0v) is 17.1. The summed E-state index contributed by atoms with van der Waals surface area (Å²) < 4.78 is 0. The van der Waals surface area contributed by atoms with E-state index in [-0.39, 0.29) is 11.1 Å². The number of carboxylic acid groups (broad SMARTS) is 2. The lowest BCUT2D eigenvalue weighted by molar-refractivity contribution is -0.115. The molecule has 0 atom stereocenters. The van der Waals surface area contributed by atoms with Gasteiger partial charge in [0, 0.05) is 14.1 Å². The second-order valence-corrected chi connectivity index (χ2v) is 7.09. The van der Waals surface area contributed by atoms with Crippen molar-refractivity contribution in [1.29, 1.82) is 0 Å². The number of aromatic carboxylic acids is 2. The summed E-state index contributed by atoms with van der Waals surface area (Å²) in [5.41, 5.74) is 2.24. The largest absolute Gasteiger partial charge is 0.478 e. The molecule has 0 saturated heterocycles. The van der Waals surface area contributed by atoms with Crippen LogP contribution in [0.4, 0.5) is 0 Å². The lowest BCUT2D eigenvalue weighted by Gasteiger charge is -2.13. The maximum absolute atomic E-state index is 11.5. The highest BCUT2D eigenvalue weighted by atomic mass is 16.4. The third kappa shape index (κ3) is 4.38. The Hall–Kier alpha value is -4.19. The molecule has 4 rings (SSSR count). The van der Waals surface area contributed by atoms with Crippen molar-refractivity contribution in [1.82, 2.24) is 4.90 Å². The lowest BCUT2D eigenvalue weighted by Crippen LogP contribution is -2.06. The minimum Gasteiger partial charge on any atom is -0.478 e. The Kier molecular flexibility index (Phi) is 6.31. The van der Waals surface area contributed by atoms with Crippen LogP contribution >= 0.6 is 0 Å². The van der Waals surface area contributed by atoms with E-state index < -0.39 is 11.9 Å². The van der Waals surface area contributed by atoms with E-state index in [1.54, 1.807) is 50.5 Å². The highest BCUT2D eigenvalue weighted by Gasteiger charge is 2.16. The molecular formula is C25H21NO5. The van der Waals surface area contributed by atoms with Gasteiger partial charge in [0.05, 0.1) is 11.1 Å². The van der Waals surface area contributed by atoms with E-state index in [2.05, 4.69) is 0 Å². The fourth-order valence-electron chi connectivity index (χ4n) is 3.44. The van der Waals surface area contributed by atoms with E-state index in [0.29, 0.717) is 10.8 Å². The SMILES string of the molecule is CN(C)C=O.O=C(O)c1ccc(-c2ccc(C(=O)O)c3ccccc23)c2ccccc12. The first-order valence-electron chi connectivity index (χ1n) is 9.47. The number of hydrogen-bond donors (Lipinski definition) is 2. The Morgan fingerprint density at radius 3 is 1.26 bits per heavy atom. The predicted molar refractivity (Wildman–Crippen MR) is 121 cm³/mol. The molecule has 6 heteroatoms. The van der Waals surface area contributed by atoms with Crippen molar-refractivity contribution in [3.8, 4) is 11.1 Å². The second-order valence-electron chi connectivity index (χ2n) is 7.09. The van der Waals surface area contributed by atoms with Gasteiger partial charge in [-0.25, -0.2) is 9.59 Å². The zero-order valence-electron chi connectivity index (χ0n) is 17.1. The van der Waals surface area contributed by atoms with E-state index in [1.807, 2.05) is 36.4 Å². The van der Waals surface area contributed by atoms with Gasteiger partial charge >= 0.3 is 11.9 Å². The molecule has 4 aromatic carbocycles. The number of carbonyl (C=O) groups excluding carboxylic acids is 1. The molecule has 0 unspecified atom stereocenters. The van der Waals surface area contributed by atoms with Gasteiger partial charge in [-0.05, 0) is 44.8 Å². The van der Waals surface area contributed by atoms with Gasteiger partial charge in [0.2, 0.25) is 6.41 Å². The summed E-state index contributed by atoms with van der Waals surface area (Å²) in [6, 6.07) is 21.5. The van der Waals surface area contributed by atoms with Gasteiger partial charge in [-0.2, -0.15) is 0 Å². The van der Waals surface area contributed by atoms with Crippen molar-refractivity contribution in [2.45, 2.75) is 0 Å². The Balaban J connectivity index is 0.000000491. The normalized spacial score (nSPS) is 10.3. The van der Waals surface area contributed by atoms with Gasteiger partial charge < -0.3 is 15.1 Å². The van der Waals surface area contributed by atoms with Crippen molar-refractivity contribution in [2.24, 2.45) is 0 Å². The molecular weight excluding hydrogens is 394 g/mol. The summed E-state index contributed by atoms with van der Waals surface area (Å²) in [6.45, 7) is 0. The molecule has 6 nitrogen and oxygen atoms in total. The maximum Gasteiger partial charge on any atom is 0.336 e. The predicted octanol–water partition coefficient (Wildman–Crippen LogP) is 4.76. The number of carboxylic acids is 2. The minimum absolute atomic E-state index is 0.246. The first-order valence-corrected chi connectivity index (χ1v) is 9.47. The summed E-state index contributed by atoms with van der Waals surface area (Å²) in [4.78, 5) is 33.9. The van der Waals surface area contributed by atoms with Gasteiger partial charge in [0.15, 0.2) is 0 Å². The highest BCUT2D eigenvalue weighted by Crippen LogP contribution is 2.36. The average molecular weight is 415 g/mol. The van der Waals surface area contributed by atoms with E-state index in [9.17, 15) is 24.6 Å². The van der Waals surface area contributed by atoms with E-state index in [4.69, 9.17) is 0 Å². The Labute approximate surface area is 179 Å². The van der Waals surface area contributed by atoms with Crippen molar-refractivity contribution in [3.05, 3.63) is 83.9 Å². The molecule has 0 aliphatic heterocycles. The molecule has 1 amide bonds. The lowest BCUT2D eigenvalue weighted by atomic mass is 9.90. The van der Waals surface area contributed by atoms with Crippen LogP contribution in [-0.2, 0) is 4.79 Å². The quantitative estimate of drug-likeness (QED) is 0.469. The summed E-state index contributed by atoms with van der Waals surface area (Å²) >= 11 is 0. The third-order valence-corrected chi connectivity index (χ3v) is 4.81. The van der Waals surface area contributed by atoms with Gasteiger partial charge in [-0.1, -0.05) is 60.7 Å². The maximum atomic E-state index is 11.5. The number of rotatable bonds is 4. The van der Waals surface area contributed by atoms with Crippen LogP contribution in [0.15, 0.2) is 72.8 Å². The Bertz CT molecular complexity index is 1200. The summed E-state index contributed by atoms with van der Waals surface area (Å²) in [5.74, 6) is -1.95. The smallest absolute Gasteiger partial charge is 0.336 e. The fourth-order valence-corrected chi connectivity index (χ4v) is 3.44. The van der Waals surface area contributed by atoms with Crippen LogP contribution in [0.2, 0.25) is 0 Å². The molecule has 31 heavy (non-hydrogen) atoms. The van der Waals surface area contributed by atoms with Gasteiger partial charge in [0.25, 0.3) is 0 Å². The molecule has 0 saturated carbocycles. The second kappa shape index (κ2) is 9.09. The van der Waals surface area contributed by atoms with Crippen molar-refractivity contribution >= 4 is 39.9 Å². The molecule has 0 spiro atoms. The van der Waals surface area contributed by atoms with Crippen LogP contribution in [0.1, 0.15) is 20.7 Å². The van der Waals surface area contributed by atoms with Crippen molar-refractivity contribution in [2.75, 3.05) is 14.1 Å². The van der Waals surface area contributed by atoms with Crippen molar-refractivity contribution < 1.29 is 24.6 Å². The molecule has 0 radical (unpaired) electrons. The first-order chi connectivity index (χ1) is 14.8. The van der Waals surface area contributed by atoms with Crippen molar-refractivity contribution in [3.63, 3.8) is 0 Å². The molecule has 0 aliphatic rings. The molecule has 0 aromatic heterocycles. The number of hydrogen-bond acceptors (Lipinski definition) is 3. The molecule has 0 bridgehead atoms. The highest BCUT2D eigenvalue weighted by molar-refractivity contribution is 6.14. The monoisotopic (exact) mass is 415 g/mol. The molecule has 0 heterocycles. The third-order valence-electron chi connectivity index (χ3n) is 4.81. The molecule has 0 aliphatic carbocycles. The number of fused-ring (bicyclic) bond motifs is 2. The summed E-state index contributed by atoms with van der Waals surface area (Å²) in [5, 5.41) is 21.8. The standard InChI is InChI=1S/C22H14O4.C3H7NO/c23-21(24)19-11-9-17(13-5-1-3-7-15(13)19)18-10-12-20(22(25)26)16-8-4-2-6-14(16)18;1-4(2)3-5/h1-12H,(H,23,24)(H,25,26);3H,1-2H3. The summed E-state index contributed by atoms with van der Waals surface area (Å²) in [6.07, 6.45) is 0.750. The molecule has 0 fully saturated rings. The van der Waals surface area contributed by atoms with E-state index in [0.717, 1.165) is 28.3 Å². The van der Waals surface area contributed by atoms with Crippen LogP contribution in [0, 0.1) is 0 Å². The van der Waals surface area contributed by atoms with E-state index in [1.165, 1.54) is 4.90 Å². The van der Waals surface area contributed by atoms with Crippen LogP contribution in [0.25, 0.3) is 32.7 Å². The average Bonchev–Trinajstić information content (AvgIpc) is 2.77.